The third-order valence-electron chi connectivity index (χ3n) is 6.26. The third kappa shape index (κ3) is 3.70. The molecule has 2 aromatic heterocycles. The van der Waals surface area contributed by atoms with Crippen LogP contribution >= 0.6 is 0 Å². The first-order valence-electron chi connectivity index (χ1n) is 11.0. The van der Waals surface area contributed by atoms with E-state index in [1.54, 1.807) is 6.07 Å². The number of nitrogens with zero attached hydrogens (tertiary/aromatic N) is 3. The van der Waals surface area contributed by atoms with Gasteiger partial charge in [0.25, 0.3) is 0 Å². The topological polar surface area (TPSA) is 72.1 Å². The molecule has 1 amide bonds. The third-order valence-corrected chi connectivity index (χ3v) is 6.26. The molecule has 2 N–H and O–H groups in total. The SMILES string of the molecule is CNC(=O)Cn1ccc2c(C(O)(c3ccc4c(cnn4-c4ccc(F)cc4)c3)C(F)(F)F)cccc21. The highest BCUT2D eigenvalue weighted by molar-refractivity contribution is 5.88. The van der Waals surface area contributed by atoms with Crippen LogP contribution < -0.4 is 5.32 Å². The Kier molecular flexibility index (Phi) is 5.55. The van der Waals surface area contributed by atoms with Crippen molar-refractivity contribution in [2.45, 2.75) is 18.3 Å². The first kappa shape index (κ1) is 23.6. The van der Waals surface area contributed by atoms with Crippen LogP contribution in [0.2, 0.25) is 0 Å². The molecular weight excluding hydrogens is 476 g/mol. The second-order valence-electron chi connectivity index (χ2n) is 8.37. The minimum atomic E-state index is -5.06. The van der Waals surface area contributed by atoms with Crippen molar-refractivity contribution in [1.82, 2.24) is 19.7 Å². The van der Waals surface area contributed by atoms with E-state index in [1.165, 1.54) is 89.4 Å². The number of amides is 1. The molecule has 10 heteroatoms. The van der Waals surface area contributed by atoms with E-state index in [-0.39, 0.29) is 29.0 Å². The zero-order chi connectivity index (χ0) is 25.7. The molecule has 0 aliphatic heterocycles. The molecule has 184 valence electrons. The molecule has 0 fully saturated rings. The summed E-state index contributed by atoms with van der Waals surface area (Å²) in [6.07, 6.45) is -2.17. The number of nitrogens with one attached hydrogen (secondary N) is 1. The minimum absolute atomic E-state index is 0.0809. The smallest absolute Gasteiger partial charge is 0.372 e. The Morgan fingerprint density at radius 2 is 1.78 bits per heavy atom. The highest BCUT2D eigenvalue weighted by atomic mass is 19.4. The lowest BCUT2D eigenvalue weighted by Crippen LogP contribution is -2.43. The molecule has 0 spiro atoms. The number of rotatable bonds is 5. The van der Waals surface area contributed by atoms with Crippen molar-refractivity contribution < 1.29 is 27.5 Å². The van der Waals surface area contributed by atoms with E-state index < -0.39 is 17.6 Å². The van der Waals surface area contributed by atoms with E-state index in [9.17, 15) is 27.5 Å². The van der Waals surface area contributed by atoms with Crippen LogP contribution in [0.5, 0.6) is 0 Å². The van der Waals surface area contributed by atoms with Crippen LogP contribution in [0.1, 0.15) is 11.1 Å². The Morgan fingerprint density at radius 3 is 2.47 bits per heavy atom. The summed E-state index contributed by atoms with van der Waals surface area (Å²) >= 11 is 0. The van der Waals surface area contributed by atoms with Gasteiger partial charge in [-0.25, -0.2) is 9.07 Å². The zero-order valence-corrected chi connectivity index (χ0v) is 18.9. The molecule has 1 unspecified atom stereocenters. The summed E-state index contributed by atoms with van der Waals surface area (Å²) in [4.78, 5) is 11.8. The van der Waals surface area contributed by atoms with Crippen molar-refractivity contribution in [1.29, 1.82) is 0 Å². The monoisotopic (exact) mass is 496 g/mol. The van der Waals surface area contributed by atoms with Crippen molar-refractivity contribution in [2.75, 3.05) is 7.05 Å². The summed E-state index contributed by atoms with van der Waals surface area (Å²) in [6, 6.07) is 15.1. The molecule has 36 heavy (non-hydrogen) atoms. The molecule has 5 aromatic rings. The number of hydrogen-bond donors (Lipinski definition) is 2. The lowest BCUT2D eigenvalue weighted by Gasteiger charge is -2.32. The average Bonchev–Trinajstić information content (AvgIpc) is 3.47. The van der Waals surface area contributed by atoms with E-state index in [0.29, 0.717) is 22.1 Å². The number of carbonyl (C=O) groups excluding carboxylic acids is 1. The van der Waals surface area contributed by atoms with Gasteiger partial charge in [-0.1, -0.05) is 18.2 Å². The van der Waals surface area contributed by atoms with Crippen molar-refractivity contribution in [3.8, 4) is 5.69 Å². The summed E-state index contributed by atoms with van der Waals surface area (Å²) in [5.41, 5.74) is -2.67. The van der Waals surface area contributed by atoms with Gasteiger partial charge in [-0.05, 0) is 54.1 Å². The van der Waals surface area contributed by atoms with Gasteiger partial charge >= 0.3 is 6.18 Å². The second-order valence-corrected chi connectivity index (χ2v) is 8.37. The van der Waals surface area contributed by atoms with Gasteiger partial charge in [0.05, 0.1) is 17.4 Å². The maximum Gasteiger partial charge on any atom is 0.425 e. The van der Waals surface area contributed by atoms with Crippen molar-refractivity contribution >= 4 is 27.7 Å². The predicted molar refractivity (Wildman–Crippen MR) is 126 cm³/mol. The van der Waals surface area contributed by atoms with Gasteiger partial charge < -0.3 is 15.0 Å². The van der Waals surface area contributed by atoms with Crippen LogP contribution in [0.3, 0.4) is 0 Å². The molecule has 0 radical (unpaired) electrons. The van der Waals surface area contributed by atoms with Crippen molar-refractivity contribution in [3.63, 3.8) is 0 Å². The molecule has 1 atom stereocenters. The molecule has 0 aliphatic carbocycles. The van der Waals surface area contributed by atoms with Crippen LogP contribution in [0, 0.1) is 5.82 Å². The molecular formula is C26H20F4N4O2. The Hall–Kier alpha value is -4.18. The second kappa shape index (κ2) is 8.49. The molecule has 0 saturated carbocycles. The minimum Gasteiger partial charge on any atom is -0.372 e. The van der Waals surface area contributed by atoms with E-state index >= 15 is 0 Å². The maximum absolute atomic E-state index is 14.6. The van der Waals surface area contributed by atoms with Gasteiger partial charge in [0.2, 0.25) is 11.5 Å². The van der Waals surface area contributed by atoms with E-state index in [0.717, 1.165) is 0 Å². The first-order chi connectivity index (χ1) is 17.1. The number of aromatic nitrogens is 3. The summed E-state index contributed by atoms with van der Waals surface area (Å²) in [5, 5.41) is 18.6. The molecule has 0 bridgehead atoms. The Balaban J connectivity index is 1.66. The summed E-state index contributed by atoms with van der Waals surface area (Å²) in [6.45, 7) is -0.0809. The molecule has 5 rings (SSSR count). The largest absolute Gasteiger partial charge is 0.425 e. The molecule has 0 saturated heterocycles. The fourth-order valence-electron chi connectivity index (χ4n) is 4.43. The van der Waals surface area contributed by atoms with Crippen LogP contribution in [0.4, 0.5) is 17.6 Å². The number of alkyl halides is 3. The fourth-order valence-corrected chi connectivity index (χ4v) is 4.43. The van der Waals surface area contributed by atoms with Gasteiger partial charge in [-0.2, -0.15) is 18.3 Å². The molecule has 2 heterocycles. The lowest BCUT2D eigenvalue weighted by molar-refractivity contribution is -0.247. The number of fused-ring (bicyclic) bond motifs is 2. The molecule has 0 aliphatic rings. The number of benzene rings is 3. The van der Waals surface area contributed by atoms with Crippen molar-refractivity contribution in [3.05, 3.63) is 96.1 Å². The number of hydrogen-bond acceptors (Lipinski definition) is 3. The zero-order valence-electron chi connectivity index (χ0n) is 18.9. The Labute approximate surface area is 202 Å². The van der Waals surface area contributed by atoms with Crippen LogP contribution in [-0.4, -0.2) is 38.6 Å². The maximum atomic E-state index is 14.6. The quantitative estimate of drug-likeness (QED) is 0.348. The Morgan fingerprint density at radius 1 is 1.03 bits per heavy atom. The van der Waals surface area contributed by atoms with E-state index in [4.69, 9.17) is 0 Å². The highest BCUT2D eigenvalue weighted by Crippen LogP contribution is 2.47. The molecule has 3 aromatic carbocycles. The summed E-state index contributed by atoms with van der Waals surface area (Å²) in [7, 11) is 1.47. The van der Waals surface area contributed by atoms with Crippen LogP contribution in [-0.2, 0) is 16.9 Å². The summed E-state index contributed by atoms with van der Waals surface area (Å²) < 4.78 is 60.1. The van der Waals surface area contributed by atoms with Crippen LogP contribution in [0.15, 0.2) is 79.1 Å². The molecule has 6 nitrogen and oxygen atoms in total. The van der Waals surface area contributed by atoms with Crippen molar-refractivity contribution in [2.24, 2.45) is 0 Å². The number of aliphatic hydroxyl groups is 1. The first-order valence-corrected chi connectivity index (χ1v) is 11.0. The fraction of sp³-hybridized carbons (Fsp3) is 0.154. The Bertz CT molecular complexity index is 1590. The van der Waals surface area contributed by atoms with Crippen LogP contribution in [0.25, 0.3) is 27.5 Å². The number of likely N-dealkylation sites (N-methyl/N-ethyl adjacent to an activating group) is 1. The van der Waals surface area contributed by atoms with E-state index in [1.807, 2.05) is 0 Å². The van der Waals surface area contributed by atoms with Gasteiger partial charge in [0.15, 0.2) is 0 Å². The average molecular weight is 496 g/mol. The van der Waals surface area contributed by atoms with Gasteiger partial charge in [-0.3, -0.25) is 4.79 Å². The normalized spacial score (nSPS) is 13.7. The van der Waals surface area contributed by atoms with E-state index in [2.05, 4.69) is 10.4 Å². The van der Waals surface area contributed by atoms with Gasteiger partial charge in [-0.15, -0.1) is 0 Å². The standard InChI is InChI=1S/C26H20F4N4O2/c1-31-24(35)15-33-12-11-20-21(3-2-4-23(20)33)25(36,26(28,29)30)17-5-10-22-16(13-17)14-32-34(22)19-8-6-18(27)7-9-19/h2-14,36H,15H2,1H3,(H,31,35). The highest BCUT2D eigenvalue weighted by Gasteiger charge is 2.57. The van der Waals surface area contributed by atoms with Gasteiger partial charge in [0.1, 0.15) is 12.4 Å². The predicted octanol–water partition coefficient (Wildman–Crippen LogP) is 4.66. The van der Waals surface area contributed by atoms with Gasteiger partial charge in [0, 0.05) is 35.1 Å². The lowest BCUT2D eigenvalue weighted by atomic mass is 9.83. The number of halogens is 4. The number of carbonyl (C=O) groups is 1. The summed E-state index contributed by atoms with van der Waals surface area (Å²) in [5.74, 6) is -0.737.